The molecule has 2 aromatic rings. The van der Waals surface area contributed by atoms with Gasteiger partial charge in [-0.05, 0) is 12.1 Å². The minimum atomic E-state index is 0.0554. The van der Waals surface area contributed by atoms with Crippen LogP contribution >= 0.6 is 11.3 Å². The molecular weight excluding hydrogens is 248 g/mol. The van der Waals surface area contributed by atoms with Gasteiger partial charge in [-0.15, -0.1) is 11.3 Å². The first kappa shape index (κ1) is 11.5. The first-order valence-corrected chi connectivity index (χ1v) is 6.77. The number of para-hydroxylation sites is 2. The summed E-state index contributed by atoms with van der Waals surface area (Å²) < 4.78 is 11.5. The molecule has 0 fully saturated rings. The van der Waals surface area contributed by atoms with Gasteiger partial charge >= 0.3 is 0 Å². The number of hydrogen-bond donors (Lipinski definition) is 1. The van der Waals surface area contributed by atoms with Crippen molar-refractivity contribution in [1.82, 2.24) is 10.3 Å². The molecule has 0 spiro atoms. The smallest absolute Gasteiger partial charge is 0.161 e. The van der Waals surface area contributed by atoms with E-state index in [0.717, 1.165) is 29.6 Å². The average Bonchev–Trinajstić information content (AvgIpc) is 2.92. The van der Waals surface area contributed by atoms with Gasteiger partial charge in [0.1, 0.15) is 17.7 Å². The van der Waals surface area contributed by atoms with Gasteiger partial charge in [-0.2, -0.15) is 0 Å². The van der Waals surface area contributed by atoms with Gasteiger partial charge < -0.3 is 14.8 Å². The highest BCUT2D eigenvalue weighted by Gasteiger charge is 2.19. The number of thiazole rings is 1. The normalized spacial score (nSPS) is 17.7. The van der Waals surface area contributed by atoms with Crippen molar-refractivity contribution in [2.45, 2.75) is 12.6 Å². The van der Waals surface area contributed by atoms with Crippen LogP contribution in [0.2, 0.25) is 0 Å². The van der Waals surface area contributed by atoms with E-state index >= 15 is 0 Å². The maximum atomic E-state index is 5.85. The summed E-state index contributed by atoms with van der Waals surface area (Å²) in [7, 11) is 0. The third-order valence-corrected chi connectivity index (χ3v) is 3.48. The summed E-state index contributed by atoms with van der Waals surface area (Å²) in [5.41, 5.74) is 0. The van der Waals surface area contributed by atoms with Crippen molar-refractivity contribution in [3.8, 4) is 11.5 Å². The van der Waals surface area contributed by atoms with E-state index in [1.54, 1.807) is 11.3 Å². The van der Waals surface area contributed by atoms with Gasteiger partial charge in [-0.3, -0.25) is 0 Å². The van der Waals surface area contributed by atoms with Crippen LogP contribution in [0.5, 0.6) is 11.5 Å². The largest absolute Gasteiger partial charge is 0.486 e. The number of nitrogens with zero attached hydrogens (tertiary/aromatic N) is 1. The number of rotatable bonds is 4. The minimum Gasteiger partial charge on any atom is -0.486 e. The fourth-order valence-corrected chi connectivity index (χ4v) is 2.43. The molecule has 1 atom stereocenters. The Morgan fingerprint density at radius 3 is 3.06 bits per heavy atom. The van der Waals surface area contributed by atoms with Crippen LogP contribution in [0.15, 0.2) is 35.8 Å². The molecule has 3 rings (SSSR count). The molecule has 94 valence electrons. The Hall–Kier alpha value is -1.59. The maximum absolute atomic E-state index is 5.85. The Balaban J connectivity index is 1.51. The molecule has 18 heavy (non-hydrogen) atoms. The third kappa shape index (κ3) is 2.63. The summed E-state index contributed by atoms with van der Waals surface area (Å²) in [6, 6.07) is 7.76. The molecule has 0 radical (unpaired) electrons. The van der Waals surface area contributed by atoms with E-state index in [2.05, 4.69) is 10.3 Å². The van der Waals surface area contributed by atoms with E-state index in [1.807, 2.05) is 35.8 Å². The molecule has 0 aliphatic carbocycles. The SMILES string of the molecule is c1ccc2c(c1)OCC(CNCc1nccs1)O2. The zero-order valence-corrected chi connectivity index (χ0v) is 10.7. The van der Waals surface area contributed by atoms with Gasteiger partial charge in [-0.1, -0.05) is 12.1 Å². The van der Waals surface area contributed by atoms with Crippen molar-refractivity contribution in [2.24, 2.45) is 0 Å². The van der Waals surface area contributed by atoms with Crippen LogP contribution in [0, 0.1) is 0 Å². The predicted molar refractivity (Wildman–Crippen MR) is 70.2 cm³/mol. The number of ether oxygens (including phenoxy) is 2. The lowest BCUT2D eigenvalue weighted by Crippen LogP contribution is -2.38. The summed E-state index contributed by atoms with van der Waals surface area (Å²) >= 11 is 1.65. The molecule has 1 unspecified atom stereocenters. The van der Waals surface area contributed by atoms with Crippen LogP contribution < -0.4 is 14.8 Å². The van der Waals surface area contributed by atoms with Gasteiger partial charge in [0.05, 0.1) is 0 Å². The van der Waals surface area contributed by atoms with E-state index in [4.69, 9.17) is 9.47 Å². The fourth-order valence-electron chi connectivity index (χ4n) is 1.84. The monoisotopic (exact) mass is 262 g/mol. The van der Waals surface area contributed by atoms with Gasteiger partial charge in [-0.25, -0.2) is 4.98 Å². The van der Waals surface area contributed by atoms with Crippen LogP contribution in [0.4, 0.5) is 0 Å². The predicted octanol–water partition coefficient (Wildman–Crippen LogP) is 2.07. The second kappa shape index (κ2) is 5.37. The molecule has 0 saturated heterocycles. The van der Waals surface area contributed by atoms with Crippen molar-refractivity contribution in [1.29, 1.82) is 0 Å². The van der Waals surface area contributed by atoms with Crippen LogP contribution in [0.25, 0.3) is 0 Å². The summed E-state index contributed by atoms with van der Waals surface area (Å²) in [4.78, 5) is 4.22. The molecule has 5 heteroatoms. The Morgan fingerprint density at radius 1 is 1.33 bits per heavy atom. The summed E-state index contributed by atoms with van der Waals surface area (Å²) in [6.45, 7) is 2.12. The quantitative estimate of drug-likeness (QED) is 0.916. The van der Waals surface area contributed by atoms with Crippen LogP contribution in [-0.4, -0.2) is 24.2 Å². The zero-order valence-electron chi connectivity index (χ0n) is 9.83. The molecule has 2 heterocycles. The van der Waals surface area contributed by atoms with Crippen molar-refractivity contribution >= 4 is 11.3 Å². The van der Waals surface area contributed by atoms with Gasteiger partial charge in [0.25, 0.3) is 0 Å². The second-order valence-electron chi connectivity index (χ2n) is 4.05. The Kier molecular flexibility index (Phi) is 3.43. The van der Waals surface area contributed by atoms with E-state index in [1.165, 1.54) is 0 Å². The van der Waals surface area contributed by atoms with E-state index in [9.17, 15) is 0 Å². The number of fused-ring (bicyclic) bond motifs is 1. The van der Waals surface area contributed by atoms with Crippen molar-refractivity contribution in [3.63, 3.8) is 0 Å². The number of hydrogen-bond acceptors (Lipinski definition) is 5. The molecule has 0 saturated carbocycles. The first-order chi connectivity index (χ1) is 8.92. The standard InChI is InChI=1S/C13H14N2O2S/c1-2-4-12-11(3-1)16-9-10(17-12)7-14-8-13-15-5-6-18-13/h1-6,10,14H,7-9H2. The lowest BCUT2D eigenvalue weighted by Gasteiger charge is -2.26. The van der Waals surface area contributed by atoms with Gasteiger partial charge in [0.15, 0.2) is 11.5 Å². The lowest BCUT2D eigenvalue weighted by atomic mass is 10.2. The molecule has 1 aliphatic heterocycles. The summed E-state index contributed by atoms with van der Waals surface area (Å²) in [5, 5.41) is 6.40. The summed E-state index contributed by atoms with van der Waals surface area (Å²) in [6.07, 6.45) is 1.87. The number of benzene rings is 1. The second-order valence-corrected chi connectivity index (χ2v) is 5.03. The molecule has 0 amide bonds. The van der Waals surface area contributed by atoms with Gasteiger partial charge in [0, 0.05) is 24.7 Å². The molecule has 1 aromatic heterocycles. The van der Waals surface area contributed by atoms with E-state index < -0.39 is 0 Å². The Morgan fingerprint density at radius 2 is 2.22 bits per heavy atom. The highest BCUT2D eigenvalue weighted by atomic mass is 32.1. The molecule has 0 bridgehead atoms. The van der Waals surface area contributed by atoms with Crippen molar-refractivity contribution in [3.05, 3.63) is 40.8 Å². The summed E-state index contributed by atoms with van der Waals surface area (Å²) in [5.74, 6) is 1.65. The van der Waals surface area contributed by atoms with Crippen molar-refractivity contribution < 1.29 is 9.47 Å². The van der Waals surface area contributed by atoms with E-state index in [0.29, 0.717) is 6.61 Å². The molecule has 4 nitrogen and oxygen atoms in total. The first-order valence-electron chi connectivity index (χ1n) is 5.89. The Labute approximate surface area is 110 Å². The van der Waals surface area contributed by atoms with Crippen LogP contribution in [-0.2, 0) is 6.54 Å². The minimum absolute atomic E-state index is 0.0554. The fraction of sp³-hybridized carbons (Fsp3) is 0.308. The van der Waals surface area contributed by atoms with E-state index in [-0.39, 0.29) is 6.10 Å². The number of nitrogens with one attached hydrogen (secondary N) is 1. The van der Waals surface area contributed by atoms with Crippen LogP contribution in [0.1, 0.15) is 5.01 Å². The molecule has 1 aromatic carbocycles. The molecular formula is C13H14N2O2S. The van der Waals surface area contributed by atoms with Crippen molar-refractivity contribution in [2.75, 3.05) is 13.2 Å². The Bertz CT molecular complexity index is 501. The maximum Gasteiger partial charge on any atom is 0.161 e. The highest BCUT2D eigenvalue weighted by Crippen LogP contribution is 2.30. The topological polar surface area (TPSA) is 43.4 Å². The third-order valence-electron chi connectivity index (χ3n) is 2.70. The zero-order chi connectivity index (χ0) is 12.2. The average molecular weight is 262 g/mol. The number of aromatic nitrogens is 1. The van der Waals surface area contributed by atoms with Crippen LogP contribution in [0.3, 0.4) is 0 Å². The molecule has 1 N–H and O–H groups in total. The lowest BCUT2D eigenvalue weighted by molar-refractivity contribution is 0.0902. The molecule has 1 aliphatic rings. The highest BCUT2D eigenvalue weighted by molar-refractivity contribution is 7.09. The van der Waals surface area contributed by atoms with Gasteiger partial charge in [0.2, 0.25) is 0 Å².